The zero-order valence-electron chi connectivity index (χ0n) is 8.37. The molecule has 1 aliphatic heterocycles. The summed E-state index contributed by atoms with van der Waals surface area (Å²) in [5, 5.41) is 0. The molecule has 0 aliphatic carbocycles. The SMILES string of the molecule is CC1CCN(CCOCC=O)CC1. The van der Waals surface area contributed by atoms with Gasteiger partial charge in [-0.15, -0.1) is 0 Å². The first-order valence-corrected chi connectivity index (χ1v) is 5.06. The standard InChI is InChI=1S/C10H19NO2/c1-10-2-4-11(5-3-10)6-8-13-9-7-12/h7,10H,2-6,8-9H2,1H3. The quantitative estimate of drug-likeness (QED) is 0.471. The average Bonchev–Trinajstić information content (AvgIpc) is 2.15. The van der Waals surface area contributed by atoms with Gasteiger partial charge in [-0.1, -0.05) is 6.92 Å². The Bertz CT molecular complexity index is 142. The van der Waals surface area contributed by atoms with E-state index in [1.807, 2.05) is 0 Å². The van der Waals surface area contributed by atoms with E-state index >= 15 is 0 Å². The van der Waals surface area contributed by atoms with Crippen molar-refractivity contribution in [2.75, 3.05) is 32.8 Å². The summed E-state index contributed by atoms with van der Waals surface area (Å²) in [6, 6.07) is 0. The molecule has 0 spiro atoms. The van der Waals surface area contributed by atoms with Crippen molar-refractivity contribution in [2.24, 2.45) is 5.92 Å². The second-order valence-electron chi connectivity index (χ2n) is 3.77. The molecule has 0 radical (unpaired) electrons. The normalized spacial score (nSPS) is 20.4. The third-order valence-electron chi connectivity index (χ3n) is 2.61. The third-order valence-corrected chi connectivity index (χ3v) is 2.61. The molecule has 1 heterocycles. The maximum Gasteiger partial charge on any atom is 0.145 e. The summed E-state index contributed by atoms with van der Waals surface area (Å²) in [5.41, 5.74) is 0. The van der Waals surface area contributed by atoms with E-state index < -0.39 is 0 Å². The first-order valence-electron chi connectivity index (χ1n) is 5.06. The molecule has 0 bridgehead atoms. The Hall–Kier alpha value is -0.410. The summed E-state index contributed by atoms with van der Waals surface area (Å²) >= 11 is 0. The molecule has 3 heteroatoms. The predicted molar refractivity (Wildman–Crippen MR) is 51.7 cm³/mol. The van der Waals surface area contributed by atoms with E-state index in [1.165, 1.54) is 25.9 Å². The molecule has 0 aromatic carbocycles. The van der Waals surface area contributed by atoms with Crippen LogP contribution in [0, 0.1) is 5.92 Å². The maximum atomic E-state index is 9.96. The van der Waals surface area contributed by atoms with Gasteiger partial charge in [0.2, 0.25) is 0 Å². The molecule has 1 fully saturated rings. The molecule has 0 unspecified atom stereocenters. The molecule has 0 atom stereocenters. The van der Waals surface area contributed by atoms with Crippen molar-refractivity contribution in [3.05, 3.63) is 0 Å². The second kappa shape index (κ2) is 6.11. The van der Waals surface area contributed by atoms with E-state index in [0.717, 1.165) is 18.7 Å². The topological polar surface area (TPSA) is 29.5 Å². The summed E-state index contributed by atoms with van der Waals surface area (Å²) in [6.45, 7) is 6.58. The molecule has 0 N–H and O–H groups in total. The number of nitrogens with zero attached hydrogens (tertiary/aromatic N) is 1. The van der Waals surface area contributed by atoms with Gasteiger partial charge in [0.15, 0.2) is 0 Å². The van der Waals surface area contributed by atoms with Gasteiger partial charge in [-0.25, -0.2) is 0 Å². The van der Waals surface area contributed by atoms with E-state index in [4.69, 9.17) is 4.74 Å². The minimum absolute atomic E-state index is 0.240. The second-order valence-corrected chi connectivity index (χ2v) is 3.77. The molecular formula is C10H19NO2. The Balaban J connectivity index is 1.99. The van der Waals surface area contributed by atoms with Crippen LogP contribution in [0.5, 0.6) is 0 Å². The van der Waals surface area contributed by atoms with E-state index in [0.29, 0.717) is 6.61 Å². The molecule has 3 nitrogen and oxygen atoms in total. The summed E-state index contributed by atoms with van der Waals surface area (Å²) in [7, 11) is 0. The average molecular weight is 185 g/mol. The largest absolute Gasteiger partial charge is 0.373 e. The van der Waals surface area contributed by atoms with Crippen LogP contribution >= 0.6 is 0 Å². The minimum atomic E-state index is 0.240. The first kappa shape index (κ1) is 10.7. The van der Waals surface area contributed by atoms with Gasteiger partial charge in [-0.3, -0.25) is 0 Å². The van der Waals surface area contributed by atoms with Crippen LogP contribution in [0.3, 0.4) is 0 Å². The number of hydrogen-bond acceptors (Lipinski definition) is 3. The van der Waals surface area contributed by atoms with Gasteiger partial charge < -0.3 is 14.4 Å². The van der Waals surface area contributed by atoms with Gasteiger partial charge in [-0.05, 0) is 31.8 Å². The smallest absolute Gasteiger partial charge is 0.145 e. The number of carbonyl (C=O) groups is 1. The molecule has 0 aromatic heterocycles. The zero-order chi connectivity index (χ0) is 9.52. The molecule has 0 saturated carbocycles. The Kier molecular flexibility index (Phi) is 5.01. The zero-order valence-corrected chi connectivity index (χ0v) is 8.37. The van der Waals surface area contributed by atoms with Crippen LogP contribution in [0.25, 0.3) is 0 Å². The number of rotatable bonds is 5. The lowest BCUT2D eigenvalue weighted by Crippen LogP contribution is -2.35. The number of ether oxygens (including phenoxy) is 1. The van der Waals surface area contributed by atoms with Gasteiger partial charge in [0.25, 0.3) is 0 Å². The van der Waals surface area contributed by atoms with Crippen molar-refractivity contribution < 1.29 is 9.53 Å². The molecule has 76 valence electrons. The highest BCUT2D eigenvalue weighted by Crippen LogP contribution is 2.15. The van der Waals surface area contributed by atoms with Gasteiger partial charge in [0.05, 0.1) is 6.61 Å². The first-order chi connectivity index (χ1) is 6.33. The highest BCUT2D eigenvalue weighted by molar-refractivity contribution is 5.50. The van der Waals surface area contributed by atoms with E-state index in [2.05, 4.69) is 11.8 Å². The fourth-order valence-corrected chi connectivity index (χ4v) is 1.61. The van der Waals surface area contributed by atoms with Crippen LogP contribution in [0.15, 0.2) is 0 Å². The number of piperidine rings is 1. The van der Waals surface area contributed by atoms with Crippen LogP contribution in [0.4, 0.5) is 0 Å². The van der Waals surface area contributed by atoms with Crippen molar-refractivity contribution in [2.45, 2.75) is 19.8 Å². The molecule has 1 saturated heterocycles. The van der Waals surface area contributed by atoms with Crippen molar-refractivity contribution in [3.63, 3.8) is 0 Å². The van der Waals surface area contributed by atoms with Crippen molar-refractivity contribution in [3.8, 4) is 0 Å². The fraction of sp³-hybridized carbons (Fsp3) is 0.900. The van der Waals surface area contributed by atoms with Crippen molar-refractivity contribution >= 4 is 6.29 Å². The van der Waals surface area contributed by atoms with Crippen LogP contribution in [0.2, 0.25) is 0 Å². The molecular weight excluding hydrogens is 166 g/mol. The number of hydrogen-bond donors (Lipinski definition) is 0. The molecule has 1 rings (SSSR count). The molecule has 0 amide bonds. The fourth-order valence-electron chi connectivity index (χ4n) is 1.61. The van der Waals surface area contributed by atoms with E-state index in [9.17, 15) is 4.79 Å². The van der Waals surface area contributed by atoms with Crippen LogP contribution in [0.1, 0.15) is 19.8 Å². The van der Waals surface area contributed by atoms with Crippen molar-refractivity contribution in [1.29, 1.82) is 0 Å². The van der Waals surface area contributed by atoms with E-state index in [-0.39, 0.29) is 6.61 Å². The maximum absolute atomic E-state index is 9.96. The van der Waals surface area contributed by atoms with Crippen LogP contribution in [-0.4, -0.2) is 44.0 Å². The third kappa shape index (κ3) is 4.39. The Labute approximate surface area is 80.1 Å². The Morgan fingerprint density at radius 2 is 2.15 bits per heavy atom. The lowest BCUT2D eigenvalue weighted by Gasteiger charge is -2.29. The molecule has 13 heavy (non-hydrogen) atoms. The lowest BCUT2D eigenvalue weighted by atomic mass is 9.99. The summed E-state index contributed by atoms with van der Waals surface area (Å²) < 4.78 is 5.10. The van der Waals surface area contributed by atoms with Crippen molar-refractivity contribution in [1.82, 2.24) is 4.90 Å². The molecule has 1 aliphatic rings. The summed E-state index contributed by atoms with van der Waals surface area (Å²) in [5.74, 6) is 0.882. The van der Waals surface area contributed by atoms with Gasteiger partial charge >= 0.3 is 0 Å². The van der Waals surface area contributed by atoms with Gasteiger partial charge in [0.1, 0.15) is 12.9 Å². The van der Waals surface area contributed by atoms with E-state index in [1.54, 1.807) is 0 Å². The minimum Gasteiger partial charge on any atom is -0.373 e. The number of carbonyl (C=O) groups excluding carboxylic acids is 1. The molecule has 0 aromatic rings. The highest BCUT2D eigenvalue weighted by Gasteiger charge is 2.14. The van der Waals surface area contributed by atoms with Gasteiger partial charge in [-0.2, -0.15) is 0 Å². The predicted octanol–water partition coefficient (Wildman–Crippen LogP) is 0.934. The number of likely N-dealkylation sites (tertiary alicyclic amines) is 1. The summed E-state index contributed by atoms with van der Waals surface area (Å²) in [6.07, 6.45) is 3.40. The van der Waals surface area contributed by atoms with Crippen LogP contribution < -0.4 is 0 Å². The monoisotopic (exact) mass is 185 g/mol. The lowest BCUT2D eigenvalue weighted by molar-refractivity contribution is -0.112. The van der Waals surface area contributed by atoms with Crippen LogP contribution in [-0.2, 0) is 9.53 Å². The van der Waals surface area contributed by atoms with Gasteiger partial charge in [0, 0.05) is 6.54 Å². The Morgan fingerprint density at radius 1 is 1.46 bits per heavy atom. The Morgan fingerprint density at radius 3 is 2.77 bits per heavy atom. The number of aldehydes is 1. The summed E-state index contributed by atoms with van der Waals surface area (Å²) in [4.78, 5) is 12.4. The highest BCUT2D eigenvalue weighted by atomic mass is 16.5.